The maximum absolute atomic E-state index is 12.3. The second-order valence-corrected chi connectivity index (χ2v) is 5.97. The molecule has 0 radical (unpaired) electrons. The van der Waals surface area contributed by atoms with Gasteiger partial charge in [-0.2, -0.15) is 4.68 Å². The molecule has 0 bridgehead atoms. The number of alkyl halides is 1. The number of hydrogen-bond acceptors (Lipinski definition) is 4. The summed E-state index contributed by atoms with van der Waals surface area (Å²) in [6.07, 6.45) is 2.74. The first kappa shape index (κ1) is 18.4. The minimum atomic E-state index is -0.450. The van der Waals surface area contributed by atoms with Crippen LogP contribution in [0.15, 0.2) is 53.6 Å². The van der Waals surface area contributed by atoms with Crippen molar-refractivity contribution in [1.29, 1.82) is 0 Å². The lowest BCUT2D eigenvalue weighted by molar-refractivity contribution is -0.114. The Morgan fingerprint density at radius 3 is 2.48 bits per heavy atom. The Hall–Kier alpha value is -3.39. The van der Waals surface area contributed by atoms with Crippen molar-refractivity contribution in [2.45, 2.75) is 12.8 Å². The molecule has 2 aromatic heterocycles. The van der Waals surface area contributed by atoms with Gasteiger partial charge in [-0.25, -0.2) is 4.98 Å². The highest BCUT2D eigenvalue weighted by atomic mass is 35.5. The lowest BCUT2D eigenvalue weighted by Gasteiger charge is -2.06. The number of pyridine rings is 1. The van der Waals surface area contributed by atoms with Crippen LogP contribution < -0.4 is 16.2 Å². The fourth-order valence-corrected chi connectivity index (χ4v) is 2.53. The van der Waals surface area contributed by atoms with Crippen LogP contribution in [0.1, 0.15) is 22.8 Å². The van der Waals surface area contributed by atoms with Crippen LogP contribution in [0.3, 0.4) is 0 Å². The van der Waals surface area contributed by atoms with Crippen LogP contribution in [0.4, 0.5) is 11.4 Å². The summed E-state index contributed by atoms with van der Waals surface area (Å²) >= 11 is 5.74. The van der Waals surface area contributed by atoms with E-state index in [1.54, 1.807) is 18.2 Å². The average Bonchev–Trinajstić information content (AvgIpc) is 3.02. The molecule has 3 rings (SSSR count). The molecule has 0 aliphatic rings. The second-order valence-electron chi connectivity index (χ2n) is 5.70. The summed E-state index contributed by atoms with van der Waals surface area (Å²) in [5, 5.41) is 7.90. The van der Waals surface area contributed by atoms with Crippen LogP contribution in [0.5, 0.6) is 0 Å². The van der Waals surface area contributed by atoms with Crippen LogP contribution in [0.25, 0.3) is 5.82 Å². The molecule has 0 aliphatic carbocycles. The molecular formula is C18H16ClN5O3. The summed E-state index contributed by atoms with van der Waals surface area (Å²) < 4.78 is 1.16. The third-order valence-corrected chi connectivity index (χ3v) is 4.00. The number of carbonyl (C=O) groups excluding carboxylic acids is 2. The van der Waals surface area contributed by atoms with Crippen LogP contribution >= 0.6 is 11.6 Å². The molecule has 0 atom stereocenters. The maximum Gasteiger partial charge on any atom is 0.296 e. The van der Waals surface area contributed by atoms with Gasteiger partial charge < -0.3 is 10.6 Å². The Balaban J connectivity index is 1.74. The average molecular weight is 386 g/mol. The third-order valence-electron chi connectivity index (χ3n) is 3.69. The first-order valence-electron chi connectivity index (χ1n) is 7.98. The molecule has 0 saturated carbocycles. The van der Waals surface area contributed by atoms with Gasteiger partial charge in [0.25, 0.3) is 11.5 Å². The largest absolute Gasteiger partial charge is 0.322 e. The van der Waals surface area contributed by atoms with E-state index in [0.717, 1.165) is 10.2 Å². The van der Waals surface area contributed by atoms with Crippen molar-refractivity contribution in [2.75, 3.05) is 10.6 Å². The standard InChI is InChI=1S/C18H16ClN5O3/c1-11(25)22-15-10-21-24(18(15)27)16-7-4-13(9-20-16)17(26)23-14-5-2-12(8-19)3-6-14/h2-7,9-10,21H,8H2,1H3,(H,22,25)(H,23,26). The number of anilines is 2. The number of carbonyl (C=O) groups is 2. The predicted molar refractivity (Wildman–Crippen MR) is 102 cm³/mol. The molecule has 138 valence electrons. The van der Waals surface area contributed by atoms with Gasteiger partial charge in [-0.3, -0.25) is 19.5 Å². The van der Waals surface area contributed by atoms with E-state index >= 15 is 0 Å². The molecule has 0 fully saturated rings. The smallest absolute Gasteiger partial charge is 0.296 e. The van der Waals surface area contributed by atoms with E-state index < -0.39 is 5.56 Å². The predicted octanol–water partition coefficient (Wildman–Crippen LogP) is 2.51. The molecule has 3 aromatic rings. The van der Waals surface area contributed by atoms with Gasteiger partial charge in [-0.05, 0) is 29.8 Å². The van der Waals surface area contributed by atoms with Gasteiger partial charge in [0.05, 0.1) is 5.56 Å². The molecule has 2 heterocycles. The Bertz CT molecular complexity index is 1020. The Kier molecular flexibility index (Phi) is 5.37. The van der Waals surface area contributed by atoms with E-state index in [0.29, 0.717) is 22.9 Å². The van der Waals surface area contributed by atoms with E-state index in [-0.39, 0.29) is 17.5 Å². The lowest BCUT2D eigenvalue weighted by atomic mass is 10.2. The number of aromatic nitrogens is 3. The van der Waals surface area contributed by atoms with Crippen molar-refractivity contribution >= 4 is 34.8 Å². The van der Waals surface area contributed by atoms with Crippen LogP contribution in [0, 0.1) is 0 Å². The first-order chi connectivity index (χ1) is 13.0. The van der Waals surface area contributed by atoms with E-state index in [1.807, 2.05) is 12.1 Å². The number of amides is 2. The van der Waals surface area contributed by atoms with Crippen molar-refractivity contribution in [2.24, 2.45) is 0 Å². The van der Waals surface area contributed by atoms with Crippen LogP contribution in [0.2, 0.25) is 0 Å². The fourth-order valence-electron chi connectivity index (χ4n) is 2.35. The monoisotopic (exact) mass is 385 g/mol. The Labute approximate surface area is 159 Å². The first-order valence-corrected chi connectivity index (χ1v) is 8.52. The van der Waals surface area contributed by atoms with Gasteiger partial charge in [-0.1, -0.05) is 12.1 Å². The van der Waals surface area contributed by atoms with E-state index in [2.05, 4.69) is 20.7 Å². The SMILES string of the molecule is CC(=O)Nc1c[nH]n(-c2ccc(C(=O)Nc3ccc(CCl)cc3)cn2)c1=O. The van der Waals surface area contributed by atoms with Crippen molar-refractivity contribution in [3.63, 3.8) is 0 Å². The number of nitrogens with zero attached hydrogens (tertiary/aromatic N) is 2. The molecule has 0 aliphatic heterocycles. The Morgan fingerprint density at radius 2 is 1.89 bits per heavy atom. The molecular weight excluding hydrogens is 370 g/mol. The number of hydrogen-bond donors (Lipinski definition) is 3. The maximum atomic E-state index is 12.3. The van der Waals surface area contributed by atoms with Gasteiger partial charge in [0, 0.05) is 30.9 Å². The van der Waals surface area contributed by atoms with E-state index in [1.165, 1.54) is 25.4 Å². The van der Waals surface area contributed by atoms with E-state index in [4.69, 9.17) is 11.6 Å². The zero-order chi connectivity index (χ0) is 19.4. The summed E-state index contributed by atoms with van der Waals surface area (Å²) in [5.41, 5.74) is 1.59. The summed E-state index contributed by atoms with van der Waals surface area (Å²) in [6.45, 7) is 1.31. The highest BCUT2D eigenvalue weighted by Crippen LogP contribution is 2.13. The summed E-state index contributed by atoms with van der Waals surface area (Å²) in [5.74, 6) is 0.0174. The van der Waals surface area contributed by atoms with Crippen molar-refractivity contribution in [1.82, 2.24) is 14.8 Å². The van der Waals surface area contributed by atoms with Gasteiger partial charge in [-0.15, -0.1) is 11.6 Å². The normalized spacial score (nSPS) is 10.4. The van der Waals surface area contributed by atoms with Gasteiger partial charge in [0.2, 0.25) is 5.91 Å². The van der Waals surface area contributed by atoms with Crippen LogP contribution in [-0.2, 0) is 10.7 Å². The van der Waals surface area contributed by atoms with Crippen LogP contribution in [-0.4, -0.2) is 26.6 Å². The highest BCUT2D eigenvalue weighted by molar-refractivity contribution is 6.17. The number of rotatable bonds is 5. The highest BCUT2D eigenvalue weighted by Gasteiger charge is 2.11. The number of H-pyrrole nitrogens is 1. The number of nitrogens with one attached hydrogen (secondary N) is 3. The Morgan fingerprint density at radius 1 is 1.15 bits per heavy atom. The molecule has 27 heavy (non-hydrogen) atoms. The topological polar surface area (TPSA) is 109 Å². The summed E-state index contributed by atoms with van der Waals surface area (Å²) in [4.78, 5) is 39.7. The molecule has 0 unspecified atom stereocenters. The molecule has 0 saturated heterocycles. The number of benzene rings is 1. The fraction of sp³-hybridized carbons (Fsp3) is 0.111. The van der Waals surface area contributed by atoms with Gasteiger partial charge in [0.15, 0.2) is 5.82 Å². The van der Waals surface area contributed by atoms with Crippen molar-refractivity contribution in [3.8, 4) is 5.82 Å². The van der Waals surface area contributed by atoms with E-state index in [9.17, 15) is 14.4 Å². The second kappa shape index (κ2) is 7.88. The summed E-state index contributed by atoms with van der Waals surface area (Å²) in [7, 11) is 0. The molecule has 8 nitrogen and oxygen atoms in total. The summed E-state index contributed by atoms with van der Waals surface area (Å²) in [6, 6.07) is 10.3. The zero-order valence-corrected chi connectivity index (χ0v) is 15.1. The minimum Gasteiger partial charge on any atom is -0.322 e. The van der Waals surface area contributed by atoms with Gasteiger partial charge in [0.1, 0.15) is 5.69 Å². The van der Waals surface area contributed by atoms with Crippen molar-refractivity contribution < 1.29 is 9.59 Å². The molecule has 9 heteroatoms. The number of halogens is 1. The lowest BCUT2D eigenvalue weighted by Crippen LogP contribution is -2.20. The molecule has 3 N–H and O–H groups in total. The third kappa shape index (κ3) is 4.24. The molecule has 0 spiro atoms. The van der Waals surface area contributed by atoms with Gasteiger partial charge >= 0.3 is 0 Å². The molecule has 1 aromatic carbocycles. The molecule has 2 amide bonds. The van der Waals surface area contributed by atoms with Crippen molar-refractivity contribution in [3.05, 3.63) is 70.3 Å². The quantitative estimate of drug-likeness (QED) is 0.586. The number of aromatic amines is 1. The minimum absolute atomic E-state index is 0.117. The zero-order valence-electron chi connectivity index (χ0n) is 14.3.